The lowest BCUT2D eigenvalue weighted by Crippen LogP contribution is -2.28. The van der Waals surface area contributed by atoms with Gasteiger partial charge in [-0.15, -0.1) is 0 Å². The largest absolute Gasteiger partial charge is 0.385 e. The number of aliphatic hydroxyl groups is 1. The highest BCUT2D eigenvalue weighted by atomic mass is 16.3. The van der Waals surface area contributed by atoms with Crippen LogP contribution in [0.15, 0.2) is 24.3 Å². The molecule has 0 radical (unpaired) electrons. The lowest BCUT2D eigenvalue weighted by molar-refractivity contribution is 0.151. The Morgan fingerprint density at radius 3 is 2.69 bits per heavy atom. The molecule has 0 spiro atoms. The van der Waals surface area contributed by atoms with Crippen LogP contribution in [0, 0.1) is 5.92 Å². The van der Waals surface area contributed by atoms with Gasteiger partial charge in [0.15, 0.2) is 0 Å². The predicted molar refractivity (Wildman–Crippen MR) is 63.4 cm³/mol. The molecule has 1 N–H and O–H groups in total. The summed E-state index contributed by atoms with van der Waals surface area (Å²) in [4.78, 5) is 2.53. The van der Waals surface area contributed by atoms with Crippen molar-refractivity contribution in [3.63, 3.8) is 0 Å². The molecule has 0 atom stereocenters. The minimum atomic E-state index is -0.487. The Kier molecular flexibility index (Phi) is 1.59. The van der Waals surface area contributed by atoms with E-state index < -0.39 is 5.60 Å². The molecule has 2 heterocycles. The fourth-order valence-electron chi connectivity index (χ4n) is 3.23. The quantitative estimate of drug-likeness (QED) is 0.818. The smallest absolute Gasteiger partial charge is 0.0899 e. The summed E-state index contributed by atoms with van der Waals surface area (Å²) in [6.07, 6.45) is 4.63. The first-order valence-electron chi connectivity index (χ1n) is 6.34. The fourth-order valence-corrected chi connectivity index (χ4v) is 3.23. The first-order chi connectivity index (χ1) is 7.74. The van der Waals surface area contributed by atoms with Gasteiger partial charge in [-0.2, -0.15) is 0 Å². The molecule has 2 nitrogen and oxygen atoms in total. The third-order valence-electron chi connectivity index (χ3n) is 4.55. The van der Waals surface area contributed by atoms with Crippen LogP contribution in [0.3, 0.4) is 0 Å². The molecule has 2 bridgehead atoms. The van der Waals surface area contributed by atoms with Crippen molar-refractivity contribution in [3.05, 3.63) is 29.8 Å². The molecule has 0 unspecified atom stereocenters. The van der Waals surface area contributed by atoms with Gasteiger partial charge in [-0.3, -0.25) is 0 Å². The van der Waals surface area contributed by atoms with Gasteiger partial charge in [0.25, 0.3) is 0 Å². The maximum atomic E-state index is 10.1. The second kappa shape index (κ2) is 2.80. The Labute approximate surface area is 95.9 Å². The highest BCUT2D eigenvalue weighted by molar-refractivity contribution is 5.53. The summed E-state index contributed by atoms with van der Waals surface area (Å²) < 4.78 is 0. The minimum absolute atomic E-state index is 0.487. The van der Waals surface area contributed by atoms with Crippen molar-refractivity contribution in [1.82, 2.24) is 0 Å². The zero-order valence-electron chi connectivity index (χ0n) is 9.39. The Balaban J connectivity index is 1.68. The number of fused-ring (bicyclic) bond motifs is 1. The van der Waals surface area contributed by atoms with Crippen LogP contribution in [0.25, 0.3) is 0 Å². The van der Waals surface area contributed by atoms with Crippen LogP contribution >= 0.6 is 0 Å². The van der Waals surface area contributed by atoms with Crippen molar-refractivity contribution in [2.45, 2.75) is 37.3 Å². The second-order valence-corrected chi connectivity index (χ2v) is 5.73. The average molecular weight is 215 g/mol. The maximum Gasteiger partial charge on any atom is 0.0899 e. The number of hydrogen-bond donors (Lipinski definition) is 1. The molecule has 0 amide bonds. The summed E-state index contributed by atoms with van der Waals surface area (Å²) in [6.45, 7) is 1.23. The van der Waals surface area contributed by atoms with Crippen molar-refractivity contribution in [2.75, 3.05) is 11.4 Å². The molecule has 2 heteroatoms. The van der Waals surface area contributed by atoms with Crippen LogP contribution in [-0.2, 0) is 5.60 Å². The van der Waals surface area contributed by atoms with Gasteiger partial charge in [-0.25, -0.2) is 0 Å². The summed E-state index contributed by atoms with van der Waals surface area (Å²) in [6, 6.07) is 9.34. The van der Waals surface area contributed by atoms with Gasteiger partial charge in [0.1, 0.15) is 0 Å². The number of nitrogens with zero attached hydrogens (tertiary/aromatic N) is 1. The van der Waals surface area contributed by atoms with Gasteiger partial charge < -0.3 is 10.0 Å². The Hall–Kier alpha value is -1.02. The molecule has 2 saturated heterocycles. The third-order valence-corrected chi connectivity index (χ3v) is 4.55. The van der Waals surface area contributed by atoms with Gasteiger partial charge in [-0.1, -0.05) is 12.1 Å². The lowest BCUT2D eigenvalue weighted by atomic mass is 9.86. The van der Waals surface area contributed by atoms with E-state index in [1.165, 1.54) is 25.1 Å². The maximum absolute atomic E-state index is 10.1. The van der Waals surface area contributed by atoms with Crippen LogP contribution in [0.5, 0.6) is 0 Å². The van der Waals surface area contributed by atoms with Crippen LogP contribution in [-0.4, -0.2) is 17.7 Å². The minimum Gasteiger partial charge on any atom is -0.385 e. The Morgan fingerprint density at radius 1 is 1.25 bits per heavy atom. The zero-order chi connectivity index (χ0) is 10.8. The third kappa shape index (κ3) is 1.17. The molecular formula is C14H17NO. The van der Waals surface area contributed by atoms with E-state index in [9.17, 15) is 5.11 Å². The van der Waals surface area contributed by atoms with Gasteiger partial charge in [0, 0.05) is 18.3 Å². The molecule has 2 aliphatic carbocycles. The SMILES string of the molecule is OC1(c2cccc(N3CC4CC3C4)c2)CC1. The topological polar surface area (TPSA) is 23.5 Å². The molecule has 4 aliphatic rings. The molecule has 5 rings (SSSR count). The number of benzene rings is 1. The zero-order valence-corrected chi connectivity index (χ0v) is 9.39. The predicted octanol–water partition coefficient (Wildman–Crippen LogP) is 2.27. The summed E-state index contributed by atoms with van der Waals surface area (Å²) in [5.41, 5.74) is 1.95. The van der Waals surface area contributed by atoms with E-state index in [1.807, 2.05) is 0 Å². The van der Waals surface area contributed by atoms with E-state index in [4.69, 9.17) is 0 Å². The highest BCUT2D eigenvalue weighted by Crippen LogP contribution is 2.48. The van der Waals surface area contributed by atoms with Gasteiger partial charge in [-0.05, 0) is 49.3 Å². The summed E-state index contributed by atoms with van der Waals surface area (Å²) in [5, 5.41) is 10.1. The summed E-state index contributed by atoms with van der Waals surface area (Å²) in [7, 11) is 0. The lowest BCUT2D eigenvalue weighted by Gasteiger charge is -2.27. The molecule has 1 aromatic rings. The van der Waals surface area contributed by atoms with Crippen molar-refractivity contribution in [3.8, 4) is 0 Å². The first-order valence-corrected chi connectivity index (χ1v) is 6.34. The summed E-state index contributed by atoms with van der Waals surface area (Å²) in [5.74, 6) is 0.942. The molecule has 0 aromatic heterocycles. The molecule has 2 aliphatic heterocycles. The second-order valence-electron chi connectivity index (χ2n) is 5.73. The van der Waals surface area contributed by atoms with Crippen molar-refractivity contribution in [2.24, 2.45) is 5.92 Å². The van der Waals surface area contributed by atoms with Crippen LogP contribution < -0.4 is 4.90 Å². The van der Waals surface area contributed by atoms with Crippen LogP contribution in [0.1, 0.15) is 31.2 Å². The van der Waals surface area contributed by atoms with Gasteiger partial charge >= 0.3 is 0 Å². The average Bonchev–Trinajstić information content (AvgIpc) is 2.76. The summed E-state index contributed by atoms with van der Waals surface area (Å²) >= 11 is 0. The van der Waals surface area contributed by atoms with E-state index in [0.29, 0.717) is 0 Å². The first kappa shape index (κ1) is 9.06. The molecule has 84 valence electrons. The Morgan fingerprint density at radius 2 is 2.06 bits per heavy atom. The van der Waals surface area contributed by atoms with E-state index in [-0.39, 0.29) is 0 Å². The van der Waals surface area contributed by atoms with Crippen LogP contribution in [0.4, 0.5) is 5.69 Å². The standard InChI is InChI=1S/C14H17NO/c16-14(4-5-14)11-2-1-3-12(8-11)15-9-10-6-13(15)7-10/h1-3,8,10,13,16H,4-7,9H2. The Bertz CT molecular complexity index is 432. The van der Waals surface area contributed by atoms with Gasteiger partial charge in [0.05, 0.1) is 5.60 Å². The van der Waals surface area contributed by atoms with Crippen molar-refractivity contribution < 1.29 is 5.11 Å². The van der Waals surface area contributed by atoms with E-state index in [2.05, 4.69) is 29.2 Å². The fraction of sp³-hybridized carbons (Fsp3) is 0.571. The molecule has 1 aromatic carbocycles. The number of rotatable bonds is 2. The normalized spacial score (nSPS) is 33.7. The molecule has 16 heavy (non-hydrogen) atoms. The van der Waals surface area contributed by atoms with Crippen LogP contribution in [0.2, 0.25) is 0 Å². The molecule has 2 saturated carbocycles. The van der Waals surface area contributed by atoms with Crippen molar-refractivity contribution >= 4 is 5.69 Å². The van der Waals surface area contributed by atoms with E-state index >= 15 is 0 Å². The molecule has 4 fully saturated rings. The number of hydrogen-bond acceptors (Lipinski definition) is 2. The molecular weight excluding hydrogens is 198 g/mol. The van der Waals surface area contributed by atoms with E-state index in [1.54, 1.807) is 0 Å². The van der Waals surface area contributed by atoms with Crippen molar-refractivity contribution in [1.29, 1.82) is 0 Å². The van der Waals surface area contributed by atoms with Gasteiger partial charge in [0.2, 0.25) is 0 Å². The monoisotopic (exact) mass is 215 g/mol. The highest BCUT2D eigenvalue weighted by Gasteiger charge is 2.44. The van der Waals surface area contributed by atoms with E-state index in [0.717, 1.165) is 30.4 Å². The number of anilines is 1.